The molecule has 5 heteroatoms. The molecule has 0 saturated heterocycles. The van der Waals surface area contributed by atoms with Crippen molar-refractivity contribution in [2.75, 3.05) is 0 Å². The van der Waals surface area contributed by atoms with Gasteiger partial charge in [0.1, 0.15) is 0 Å². The molecule has 0 aliphatic rings. The second-order valence-electron chi connectivity index (χ2n) is 6.42. The van der Waals surface area contributed by atoms with Gasteiger partial charge in [-0.3, -0.25) is 9.79 Å². The number of aryl methyl sites for hydroxylation is 1. The summed E-state index contributed by atoms with van der Waals surface area (Å²) in [6.07, 6.45) is 1.59. The Balaban J connectivity index is 2.02. The van der Waals surface area contributed by atoms with Crippen molar-refractivity contribution in [3.63, 3.8) is 0 Å². The van der Waals surface area contributed by atoms with Gasteiger partial charge in [-0.05, 0) is 36.8 Å². The van der Waals surface area contributed by atoms with Gasteiger partial charge in [0.05, 0.1) is 22.0 Å². The van der Waals surface area contributed by atoms with Gasteiger partial charge < -0.3 is 5.11 Å². The van der Waals surface area contributed by atoms with Gasteiger partial charge in [0.15, 0.2) is 0 Å². The number of rotatable bonds is 3. The topological polar surface area (TPSA) is 54.6 Å². The minimum absolute atomic E-state index is 0.200. The maximum Gasteiger partial charge on any atom is 0.265 e. The van der Waals surface area contributed by atoms with Crippen LogP contribution in [0.5, 0.6) is 5.88 Å². The zero-order valence-electron chi connectivity index (χ0n) is 15.1. The molecule has 0 fully saturated rings. The molecule has 1 heterocycles. The van der Waals surface area contributed by atoms with Crippen LogP contribution in [0.2, 0.25) is 5.02 Å². The van der Waals surface area contributed by atoms with E-state index in [0.717, 1.165) is 11.3 Å². The van der Waals surface area contributed by atoms with Gasteiger partial charge in [0.25, 0.3) is 5.56 Å². The second kappa shape index (κ2) is 7.33. The molecule has 4 rings (SSSR count). The molecule has 138 valence electrons. The van der Waals surface area contributed by atoms with E-state index in [2.05, 4.69) is 4.99 Å². The first kappa shape index (κ1) is 18.0. The van der Waals surface area contributed by atoms with Crippen molar-refractivity contribution in [1.82, 2.24) is 4.57 Å². The number of halogens is 1. The molecular formula is C23H17ClN2O2. The standard InChI is InChI=1S/C23H17ClN2O2/c1-15-8-2-6-12-20(15)25-14-18-16-9-3-4-10-17(16)22(27)26(23(18)28)21-13-7-5-11-19(21)24/h2-14,28H,1H3. The third-order valence-corrected chi connectivity index (χ3v) is 4.96. The number of aromatic hydroxyl groups is 1. The number of fused-ring (bicyclic) bond motifs is 1. The van der Waals surface area contributed by atoms with E-state index < -0.39 is 0 Å². The molecule has 1 N–H and O–H groups in total. The van der Waals surface area contributed by atoms with Crippen LogP contribution in [0.25, 0.3) is 16.5 Å². The van der Waals surface area contributed by atoms with Gasteiger partial charge in [-0.15, -0.1) is 0 Å². The Bertz CT molecular complexity index is 1280. The average molecular weight is 389 g/mol. The molecule has 28 heavy (non-hydrogen) atoms. The lowest BCUT2D eigenvalue weighted by Gasteiger charge is -2.14. The van der Waals surface area contributed by atoms with Crippen LogP contribution in [0.1, 0.15) is 11.1 Å². The third-order valence-electron chi connectivity index (χ3n) is 4.64. The molecule has 4 nitrogen and oxygen atoms in total. The molecule has 0 radical (unpaired) electrons. The van der Waals surface area contributed by atoms with E-state index in [9.17, 15) is 9.90 Å². The molecule has 0 aliphatic heterocycles. The van der Waals surface area contributed by atoms with Gasteiger partial charge in [-0.2, -0.15) is 0 Å². The zero-order chi connectivity index (χ0) is 19.7. The summed E-state index contributed by atoms with van der Waals surface area (Å²) in [7, 11) is 0. The summed E-state index contributed by atoms with van der Waals surface area (Å²) in [5.74, 6) is -0.200. The molecule has 4 aromatic rings. The minimum Gasteiger partial charge on any atom is -0.494 e. The number of aliphatic imine (C=N–C) groups is 1. The summed E-state index contributed by atoms with van der Waals surface area (Å²) < 4.78 is 1.23. The fourth-order valence-electron chi connectivity index (χ4n) is 3.19. The first-order valence-electron chi connectivity index (χ1n) is 8.79. The van der Waals surface area contributed by atoms with E-state index >= 15 is 0 Å². The molecule has 1 aromatic heterocycles. The highest BCUT2D eigenvalue weighted by Crippen LogP contribution is 2.29. The van der Waals surface area contributed by atoms with Crippen molar-refractivity contribution in [3.05, 3.63) is 99.3 Å². The van der Waals surface area contributed by atoms with Crippen LogP contribution in [-0.4, -0.2) is 15.9 Å². The first-order valence-corrected chi connectivity index (χ1v) is 9.17. The summed E-state index contributed by atoms with van der Waals surface area (Å²) in [5.41, 5.74) is 2.35. The quantitative estimate of drug-likeness (QED) is 0.477. The van der Waals surface area contributed by atoms with Gasteiger partial charge in [-0.1, -0.05) is 60.1 Å². The third kappa shape index (κ3) is 3.08. The number of pyridine rings is 1. The largest absolute Gasteiger partial charge is 0.494 e. The summed E-state index contributed by atoms with van der Waals surface area (Å²) in [4.78, 5) is 17.6. The smallest absolute Gasteiger partial charge is 0.265 e. The summed E-state index contributed by atoms with van der Waals surface area (Å²) in [6.45, 7) is 1.97. The number of hydrogen-bond acceptors (Lipinski definition) is 3. The predicted molar refractivity (Wildman–Crippen MR) is 115 cm³/mol. The Morgan fingerprint density at radius 2 is 1.57 bits per heavy atom. The number of benzene rings is 3. The van der Waals surface area contributed by atoms with Gasteiger partial charge in [0, 0.05) is 17.0 Å². The SMILES string of the molecule is Cc1ccccc1N=Cc1c(O)n(-c2ccccc2Cl)c(=O)c2ccccc12. The number of hydrogen-bond donors (Lipinski definition) is 1. The molecule has 0 bridgehead atoms. The van der Waals surface area contributed by atoms with Crippen molar-refractivity contribution < 1.29 is 5.11 Å². The minimum atomic E-state index is -0.339. The normalized spacial score (nSPS) is 11.4. The van der Waals surface area contributed by atoms with E-state index in [-0.39, 0.29) is 11.4 Å². The van der Waals surface area contributed by atoms with E-state index in [1.807, 2.05) is 37.3 Å². The molecule has 0 amide bonds. The number of para-hydroxylation sites is 2. The summed E-state index contributed by atoms with van der Waals surface area (Å²) in [5, 5.41) is 12.5. The average Bonchev–Trinajstić information content (AvgIpc) is 2.70. The van der Waals surface area contributed by atoms with E-state index in [1.54, 1.807) is 48.7 Å². The van der Waals surface area contributed by atoms with Crippen LogP contribution >= 0.6 is 11.6 Å². The molecular weight excluding hydrogens is 372 g/mol. The molecule has 0 aliphatic carbocycles. The Hall–Kier alpha value is -3.37. The highest BCUT2D eigenvalue weighted by molar-refractivity contribution is 6.32. The Morgan fingerprint density at radius 3 is 2.32 bits per heavy atom. The lowest BCUT2D eigenvalue weighted by atomic mass is 10.1. The first-order chi connectivity index (χ1) is 13.6. The second-order valence-corrected chi connectivity index (χ2v) is 6.83. The van der Waals surface area contributed by atoms with Gasteiger partial charge >= 0.3 is 0 Å². The molecule has 0 saturated carbocycles. The molecule has 0 spiro atoms. The fourth-order valence-corrected chi connectivity index (χ4v) is 3.41. The molecule has 0 atom stereocenters. The monoisotopic (exact) mass is 388 g/mol. The highest BCUT2D eigenvalue weighted by Gasteiger charge is 2.17. The predicted octanol–water partition coefficient (Wildman–Crippen LogP) is 5.41. The van der Waals surface area contributed by atoms with Crippen LogP contribution in [0, 0.1) is 6.92 Å². The highest BCUT2D eigenvalue weighted by atomic mass is 35.5. The Labute approximate surface area is 167 Å². The Morgan fingerprint density at radius 1 is 0.929 bits per heavy atom. The van der Waals surface area contributed by atoms with E-state index in [4.69, 9.17) is 11.6 Å². The van der Waals surface area contributed by atoms with Crippen molar-refractivity contribution in [3.8, 4) is 11.6 Å². The summed E-state index contributed by atoms with van der Waals surface area (Å²) in [6, 6.07) is 21.8. The Kier molecular flexibility index (Phi) is 4.72. The van der Waals surface area contributed by atoms with Crippen LogP contribution in [0.3, 0.4) is 0 Å². The lowest BCUT2D eigenvalue weighted by Crippen LogP contribution is -2.20. The van der Waals surface area contributed by atoms with Crippen molar-refractivity contribution >= 4 is 34.3 Å². The number of aromatic nitrogens is 1. The summed E-state index contributed by atoms with van der Waals surface area (Å²) >= 11 is 6.30. The van der Waals surface area contributed by atoms with Crippen LogP contribution in [-0.2, 0) is 0 Å². The zero-order valence-corrected chi connectivity index (χ0v) is 15.9. The van der Waals surface area contributed by atoms with Crippen LogP contribution in [0.4, 0.5) is 5.69 Å². The van der Waals surface area contributed by atoms with Crippen molar-refractivity contribution in [2.24, 2.45) is 4.99 Å². The van der Waals surface area contributed by atoms with Crippen LogP contribution in [0.15, 0.2) is 82.6 Å². The molecule has 0 unspecified atom stereocenters. The van der Waals surface area contributed by atoms with E-state index in [1.165, 1.54) is 4.57 Å². The van der Waals surface area contributed by atoms with E-state index in [0.29, 0.717) is 27.0 Å². The van der Waals surface area contributed by atoms with Crippen molar-refractivity contribution in [2.45, 2.75) is 6.92 Å². The maximum atomic E-state index is 13.1. The molecule has 3 aromatic carbocycles. The number of nitrogens with zero attached hydrogens (tertiary/aromatic N) is 2. The van der Waals surface area contributed by atoms with Crippen LogP contribution < -0.4 is 5.56 Å². The van der Waals surface area contributed by atoms with Gasteiger partial charge in [0.2, 0.25) is 5.88 Å². The van der Waals surface area contributed by atoms with Crippen molar-refractivity contribution in [1.29, 1.82) is 0 Å². The fraction of sp³-hybridized carbons (Fsp3) is 0.0435. The van der Waals surface area contributed by atoms with Gasteiger partial charge in [-0.25, -0.2) is 4.57 Å². The maximum absolute atomic E-state index is 13.1. The lowest BCUT2D eigenvalue weighted by molar-refractivity contribution is 0.436.